The zero-order valence-electron chi connectivity index (χ0n) is 21.2. The van der Waals surface area contributed by atoms with E-state index in [4.69, 9.17) is 0 Å². The van der Waals surface area contributed by atoms with Gasteiger partial charge >= 0.3 is 99.2 Å². The molecular weight excluding hydrogens is 512 g/mol. The number of rotatable bonds is 4. The zero-order chi connectivity index (χ0) is 25.2. The first kappa shape index (κ1) is 26.1. The van der Waals surface area contributed by atoms with Crippen LogP contribution in [0.1, 0.15) is 44.2 Å². The minimum absolute atomic E-state index is 1.08. The van der Waals surface area contributed by atoms with Crippen LogP contribution in [0.3, 0.4) is 0 Å². The van der Waals surface area contributed by atoms with Gasteiger partial charge in [0.1, 0.15) is 0 Å². The van der Waals surface area contributed by atoms with Gasteiger partial charge in [0, 0.05) is 0 Å². The van der Waals surface area contributed by atoms with Gasteiger partial charge in [-0.1, -0.05) is 63.1 Å². The van der Waals surface area contributed by atoms with Crippen molar-refractivity contribution in [2.24, 2.45) is 0 Å². The molecule has 0 atom stereocenters. The van der Waals surface area contributed by atoms with E-state index < -0.39 is 0 Å². The van der Waals surface area contributed by atoms with Gasteiger partial charge in [0.25, 0.3) is 0 Å². The van der Waals surface area contributed by atoms with Crippen molar-refractivity contribution < 1.29 is 24.2 Å². The summed E-state index contributed by atoms with van der Waals surface area (Å²) >= 11 is 1.46. The fourth-order valence-electron chi connectivity index (χ4n) is 4.50. The quantitative estimate of drug-likeness (QED) is 0.198. The van der Waals surface area contributed by atoms with Gasteiger partial charge in [-0.2, -0.15) is 11.1 Å². The maximum absolute atomic E-state index is 3.23. The smallest absolute Gasteiger partial charge is 0.0771 e. The van der Waals surface area contributed by atoms with Gasteiger partial charge in [-0.3, -0.25) is 6.08 Å². The Hall–Kier alpha value is -3.02. The van der Waals surface area contributed by atoms with E-state index in [1.807, 2.05) is 0 Å². The van der Waals surface area contributed by atoms with Gasteiger partial charge < -0.3 is 0 Å². The zero-order valence-corrected chi connectivity index (χ0v) is 23.6. The average Bonchev–Trinajstić information content (AvgIpc) is 3.58. The molecule has 0 radical (unpaired) electrons. The summed E-state index contributed by atoms with van der Waals surface area (Å²) in [6, 6.07) is 40.4. The molecule has 1 aliphatic rings. The molecule has 0 bridgehead atoms. The van der Waals surface area contributed by atoms with E-state index in [0.717, 1.165) is 6.42 Å². The van der Waals surface area contributed by atoms with Crippen molar-refractivity contribution in [3.05, 3.63) is 150 Å². The Bertz CT molecular complexity index is 1370. The van der Waals surface area contributed by atoms with Crippen LogP contribution in [0.15, 0.2) is 132 Å². The number of fused-ring (bicyclic) bond motifs is 3. The van der Waals surface area contributed by atoms with E-state index in [1.54, 1.807) is 5.57 Å². The van der Waals surface area contributed by atoms with Crippen molar-refractivity contribution in [1.29, 1.82) is 0 Å². The summed E-state index contributed by atoms with van der Waals surface area (Å²) < 4.78 is 1.42. The Morgan fingerprint density at radius 1 is 0.667 bits per heavy atom. The molecule has 0 fully saturated rings. The molecule has 1 heteroatoms. The van der Waals surface area contributed by atoms with Crippen molar-refractivity contribution in [1.82, 2.24) is 0 Å². The fourth-order valence-corrected chi connectivity index (χ4v) is 5.32. The molecule has 0 aliphatic heterocycles. The second-order valence-corrected chi connectivity index (χ2v) is 10.0. The summed E-state index contributed by atoms with van der Waals surface area (Å²) in [5.74, 6) is 0. The third-order valence-electron chi connectivity index (χ3n) is 6.50. The standard InChI is InChI=1S/C13H9.C13H10.C9H13.Zr/c1-3-7-12-10(5-1)9-11-6-2-4-8-13(11)12;1-3-7-12(8-4-1)11-13-9-5-2-6-10-13;1-3-8-6-5-7-9(8)4-2;/h1-9H;1-10H;6H,3-4,7H2,1-2H3;/q-1;;-1;+2. The van der Waals surface area contributed by atoms with Gasteiger partial charge in [0.2, 0.25) is 0 Å². The molecule has 0 unspecified atom stereocenters. The monoisotopic (exact) mass is 542 g/mol. The second-order valence-electron chi connectivity index (χ2n) is 8.79. The second kappa shape index (κ2) is 13.3. The van der Waals surface area contributed by atoms with Crippen LogP contribution in [0, 0.1) is 6.08 Å². The molecule has 0 saturated heterocycles. The average molecular weight is 544 g/mol. The number of allylic oxidation sites excluding steroid dienone is 4. The summed E-state index contributed by atoms with van der Waals surface area (Å²) in [5, 5.41) is 5.39. The van der Waals surface area contributed by atoms with E-state index in [1.165, 1.54) is 78.5 Å². The van der Waals surface area contributed by atoms with Crippen LogP contribution < -0.4 is 0 Å². The van der Waals surface area contributed by atoms with E-state index >= 15 is 0 Å². The molecule has 0 amide bonds. The molecule has 1 aliphatic carbocycles. The van der Waals surface area contributed by atoms with Crippen molar-refractivity contribution in [3.8, 4) is 0 Å². The predicted octanol–water partition coefficient (Wildman–Crippen LogP) is 9.38. The van der Waals surface area contributed by atoms with Crippen LogP contribution in [0.25, 0.3) is 21.5 Å². The molecule has 5 aromatic carbocycles. The van der Waals surface area contributed by atoms with Gasteiger partial charge in [-0.15, -0.1) is 46.2 Å². The van der Waals surface area contributed by atoms with Gasteiger partial charge in [-0.05, 0) is 0 Å². The predicted molar refractivity (Wildman–Crippen MR) is 153 cm³/mol. The van der Waals surface area contributed by atoms with Gasteiger partial charge in [-0.25, -0.2) is 6.08 Å². The third kappa shape index (κ3) is 6.60. The first-order valence-electron chi connectivity index (χ1n) is 12.7. The molecule has 0 nitrogen and oxygen atoms in total. The van der Waals surface area contributed by atoms with Crippen molar-refractivity contribution in [2.75, 3.05) is 0 Å². The topological polar surface area (TPSA) is 0 Å². The minimum Gasteiger partial charge on any atom is -0.126 e. The largest absolute Gasteiger partial charge is 0.126 e. The number of hydrogen-bond donors (Lipinski definition) is 0. The summed E-state index contributed by atoms with van der Waals surface area (Å²) in [6.45, 7) is 4.42. The molecular formula is C35H32Zr. The summed E-state index contributed by atoms with van der Waals surface area (Å²) in [4.78, 5) is 0. The Kier molecular flexibility index (Phi) is 9.65. The molecule has 36 heavy (non-hydrogen) atoms. The van der Waals surface area contributed by atoms with E-state index in [9.17, 15) is 0 Å². The maximum Gasteiger partial charge on any atom is -0.0771 e. The first-order chi connectivity index (χ1) is 17.7. The Labute approximate surface area is 230 Å². The van der Waals surface area contributed by atoms with E-state index in [0.29, 0.717) is 0 Å². The summed E-state index contributed by atoms with van der Waals surface area (Å²) in [7, 11) is 0. The van der Waals surface area contributed by atoms with Crippen LogP contribution in [0.5, 0.6) is 0 Å². The van der Waals surface area contributed by atoms with Crippen LogP contribution in [-0.4, -0.2) is 3.21 Å². The molecule has 5 aromatic rings. The minimum atomic E-state index is 1.08. The fraction of sp³-hybridized carbons (Fsp3) is 0.143. The Balaban J connectivity index is 0.000000130. The van der Waals surface area contributed by atoms with Crippen molar-refractivity contribution in [2.45, 2.75) is 33.1 Å². The third-order valence-corrected chi connectivity index (χ3v) is 7.92. The first-order valence-corrected chi connectivity index (χ1v) is 13.9. The van der Waals surface area contributed by atoms with Crippen LogP contribution in [-0.2, 0) is 24.2 Å². The summed E-state index contributed by atoms with van der Waals surface area (Å²) in [6.07, 6.45) is 8.82. The maximum atomic E-state index is 3.23. The molecule has 0 saturated carbocycles. The Morgan fingerprint density at radius 2 is 1.14 bits per heavy atom. The molecule has 0 spiro atoms. The summed E-state index contributed by atoms with van der Waals surface area (Å²) in [5.41, 5.74) is 5.75. The molecule has 176 valence electrons. The molecule has 0 heterocycles. The number of hydrogen-bond acceptors (Lipinski definition) is 0. The van der Waals surface area contributed by atoms with E-state index in [2.05, 4.69) is 141 Å². The molecule has 6 rings (SSSR count). The number of benzene rings is 4. The SMILES string of the molecule is CCC1=C(CC)C[C-]=C1.[Zr+2]=[C](c1ccccc1)c1ccccc1.c1ccc2c(c1)[cH-]c1ccccc12. The van der Waals surface area contributed by atoms with Gasteiger partial charge in [0.05, 0.1) is 0 Å². The Morgan fingerprint density at radius 3 is 1.58 bits per heavy atom. The van der Waals surface area contributed by atoms with E-state index in [-0.39, 0.29) is 0 Å². The van der Waals surface area contributed by atoms with Crippen LogP contribution in [0.2, 0.25) is 0 Å². The van der Waals surface area contributed by atoms with Crippen LogP contribution >= 0.6 is 0 Å². The molecule has 0 aromatic heterocycles. The normalized spacial score (nSPS) is 12.2. The molecule has 0 N–H and O–H groups in total. The van der Waals surface area contributed by atoms with Crippen molar-refractivity contribution in [3.63, 3.8) is 0 Å². The van der Waals surface area contributed by atoms with Gasteiger partial charge in [0.15, 0.2) is 0 Å². The van der Waals surface area contributed by atoms with Crippen molar-refractivity contribution >= 4 is 24.8 Å². The van der Waals surface area contributed by atoms with Crippen LogP contribution in [0.4, 0.5) is 0 Å².